The molecule has 5 rings (SSSR count). The van der Waals surface area contributed by atoms with Crippen LogP contribution in [0.1, 0.15) is 41.7 Å². The molecule has 4 aromatic rings. The zero-order valence-corrected chi connectivity index (χ0v) is 27.2. The van der Waals surface area contributed by atoms with Crippen LogP contribution in [-0.4, -0.2) is 49.5 Å². The van der Waals surface area contributed by atoms with E-state index < -0.39 is 36.1 Å². The van der Waals surface area contributed by atoms with E-state index >= 15 is 0 Å². The predicted octanol–water partition coefficient (Wildman–Crippen LogP) is 6.90. The molecule has 1 fully saturated rings. The van der Waals surface area contributed by atoms with Gasteiger partial charge in [0, 0.05) is 23.6 Å². The van der Waals surface area contributed by atoms with Crippen molar-refractivity contribution in [2.75, 3.05) is 20.3 Å². The Labute approximate surface area is 276 Å². The van der Waals surface area contributed by atoms with Crippen molar-refractivity contribution in [3.05, 3.63) is 136 Å². The van der Waals surface area contributed by atoms with E-state index in [1.165, 1.54) is 7.11 Å². The number of carbonyl (C=O) groups is 1. The number of rotatable bonds is 14. The predicted molar refractivity (Wildman–Crippen MR) is 177 cm³/mol. The highest BCUT2D eigenvalue weighted by Gasteiger charge is 2.62. The molecular formula is C38H41ClO7. The molecule has 0 bridgehead atoms. The normalized spacial score (nSPS) is 24.4. The lowest BCUT2D eigenvalue weighted by Gasteiger charge is -2.54. The third-order valence-electron chi connectivity index (χ3n) is 8.66. The largest absolute Gasteiger partial charge is 0.494 e. The number of aliphatic hydroxyl groups excluding tert-OH is 1. The first-order chi connectivity index (χ1) is 22.4. The minimum Gasteiger partial charge on any atom is -0.494 e. The molecule has 1 aliphatic rings. The molecule has 7 nitrogen and oxygen atoms in total. The van der Waals surface area contributed by atoms with E-state index in [0.717, 1.165) is 28.0 Å². The molecule has 1 aliphatic heterocycles. The minimum atomic E-state index is -1.65. The molecule has 4 aromatic carbocycles. The molecule has 0 radical (unpaired) electrons. The third kappa shape index (κ3) is 7.20. The Kier molecular flexibility index (Phi) is 11.3. The van der Waals surface area contributed by atoms with E-state index in [1.54, 1.807) is 6.07 Å². The van der Waals surface area contributed by atoms with Gasteiger partial charge in [-0.25, -0.2) is 0 Å². The van der Waals surface area contributed by atoms with Gasteiger partial charge in [0.15, 0.2) is 11.9 Å². The van der Waals surface area contributed by atoms with Crippen molar-refractivity contribution in [1.82, 2.24) is 0 Å². The van der Waals surface area contributed by atoms with Gasteiger partial charge in [0.25, 0.3) is 0 Å². The summed E-state index contributed by atoms with van der Waals surface area (Å²) < 4.78 is 31.9. The maximum Gasteiger partial charge on any atom is 0.225 e. The number of benzene rings is 4. The van der Waals surface area contributed by atoms with Gasteiger partial charge in [-0.1, -0.05) is 97.4 Å². The average molecular weight is 645 g/mol. The second kappa shape index (κ2) is 15.4. The summed E-state index contributed by atoms with van der Waals surface area (Å²) in [4.78, 5) is 12.8. The molecule has 0 saturated carbocycles. The fraction of sp³-hybridized carbons (Fsp3) is 0.342. The lowest BCUT2D eigenvalue weighted by atomic mass is 9.76. The van der Waals surface area contributed by atoms with E-state index in [2.05, 4.69) is 0 Å². The summed E-state index contributed by atoms with van der Waals surface area (Å²) in [6, 6.07) is 32.9. The van der Waals surface area contributed by atoms with Gasteiger partial charge < -0.3 is 33.6 Å². The number of methoxy groups -OCH3 is 1. The number of hydrogen-bond donors (Lipinski definition) is 1. The van der Waals surface area contributed by atoms with E-state index in [4.69, 9.17) is 35.3 Å². The molecule has 0 unspecified atom stereocenters. The van der Waals surface area contributed by atoms with Crippen LogP contribution in [-0.2, 0) is 49.2 Å². The number of halogens is 1. The second-order valence-corrected chi connectivity index (χ2v) is 11.9. The van der Waals surface area contributed by atoms with Crippen molar-refractivity contribution in [2.24, 2.45) is 5.92 Å². The van der Waals surface area contributed by atoms with Crippen molar-refractivity contribution in [3.8, 4) is 5.75 Å². The first-order valence-electron chi connectivity index (χ1n) is 15.5. The average Bonchev–Trinajstić information content (AvgIpc) is 3.10. The summed E-state index contributed by atoms with van der Waals surface area (Å²) in [5, 5.41) is 11.3. The van der Waals surface area contributed by atoms with Crippen LogP contribution < -0.4 is 4.74 Å². The van der Waals surface area contributed by atoms with E-state index in [0.29, 0.717) is 29.9 Å². The molecule has 0 aromatic heterocycles. The quantitative estimate of drug-likeness (QED) is 0.150. The lowest BCUT2D eigenvalue weighted by molar-refractivity contribution is -0.389. The third-order valence-corrected chi connectivity index (χ3v) is 9.03. The smallest absolute Gasteiger partial charge is 0.225 e. The highest BCUT2D eigenvalue weighted by atomic mass is 35.5. The number of aliphatic hydroxyl groups is 1. The van der Waals surface area contributed by atoms with E-state index in [-0.39, 0.29) is 13.2 Å². The van der Waals surface area contributed by atoms with Crippen LogP contribution in [0.2, 0.25) is 5.02 Å². The van der Waals surface area contributed by atoms with Gasteiger partial charge in [0.05, 0.1) is 32.5 Å². The van der Waals surface area contributed by atoms with Crippen LogP contribution >= 0.6 is 11.6 Å². The van der Waals surface area contributed by atoms with Gasteiger partial charge in [-0.15, -0.1) is 0 Å². The van der Waals surface area contributed by atoms with Crippen LogP contribution in [0.25, 0.3) is 0 Å². The Balaban J connectivity index is 1.58. The van der Waals surface area contributed by atoms with E-state index in [9.17, 15) is 9.90 Å². The molecule has 46 heavy (non-hydrogen) atoms. The van der Waals surface area contributed by atoms with Crippen molar-refractivity contribution in [3.63, 3.8) is 0 Å². The van der Waals surface area contributed by atoms with Crippen molar-refractivity contribution in [1.29, 1.82) is 0 Å². The minimum absolute atomic E-state index is 0.234. The topological polar surface area (TPSA) is 83.5 Å². The van der Waals surface area contributed by atoms with Gasteiger partial charge in [-0.2, -0.15) is 0 Å². The first-order valence-corrected chi connectivity index (χ1v) is 15.9. The number of carbonyl (C=O) groups excluding carboxylic acids is 1. The standard InChI is InChI=1S/C38H41ClO7/c1-4-43-33-18-15-28(16-19-33)21-31-22-32(17-20-34(31)39)38(42-3)36(45-24-30-13-9-6-10-14-30)35(27(2)37(25-40,26-41)46-38)44-23-29-11-7-5-8-12-29/h5-20,22,25,27,35-36,41H,4,21,23-24,26H2,1-3H3/t27-,35-,36+,37-,38-/m0/s1. The molecule has 0 amide bonds. The Bertz CT molecular complexity index is 1550. The van der Waals surface area contributed by atoms with Crippen LogP contribution in [0, 0.1) is 5.92 Å². The monoisotopic (exact) mass is 644 g/mol. The van der Waals surface area contributed by atoms with Crippen molar-refractivity contribution in [2.45, 2.75) is 57.1 Å². The molecular weight excluding hydrogens is 604 g/mol. The van der Waals surface area contributed by atoms with Crippen LogP contribution in [0.4, 0.5) is 0 Å². The molecule has 0 aliphatic carbocycles. The molecule has 5 atom stereocenters. The zero-order valence-electron chi connectivity index (χ0n) is 26.4. The fourth-order valence-corrected chi connectivity index (χ4v) is 6.20. The van der Waals surface area contributed by atoms with Gasteiger partial charge in [-0.3, -0.25) is 0 Å². The number of aldehydes is 1. The van der Waals surface area contributed by atoms with Crippen molar-refractivity contribution < 1.29 is 33.6 Å². The summed E-state index contributed by atoms with van der Waals surface area (Å²) >= 11 is 6.75. The van der Waals surface area contributed by atoms with Gasteiger partial charge in [-0.05, 0) is 59.9 Å². The number of ether oxygens (including phenoxy) is 5. The Morgan fingerprint density at radius 1 is 0.870 bits per heavy atom. The number of hydrogen-bond acceptors (Lipinski definition) is 7. The molecule has 242 valence electrons. The first kappa shape index (κ1) is 33.8. The second-order valence-electron chi connectivity index (χ2n) is 11.5. The van der Waals surface area contributed by atoms with Crippen LogP contribution in [0.5, 0.6) is 5.75 Å². The molecule has 0 spiro atoms. The lowest BCUT2D eigenvalue weighted by Crippen LogP contribution is -2.68. The summed E-state index contributed by atoms with van der Waals surface area (Å²) in [7, 11) is 1.51. The Hall–Kier alpha value is -3.56. The summed E-state index contributed by atoms with van der Waals surface area (Å²) in [6.07, 6.45) is -0.401. The Morgan fingerprint density at radius 2 is 1.50 bits per heavy atom. The van der Waals surface area contributed by atoms with Gasteiger partial charge in [0.1, 0.15) is 11.9 Å². The maximum absolute atomic E-state index is 12.8. The zero-order chi connectivity index (χ0) is 32.6. The fourth-order valence-electron chi connectivity index (χ4n) is 6.01. The molecule has 1 heterocycles. The molecule has 1 N–H and O–H groups in total. The highest BCUT2D eigenvalue weighted by molar-refractivity contribution is 6.31. The van der Waals surface area contributed by atoms with E-state index in [1.807, 2.05) is 111 Å². The van der Waals surface area contributed by atoms with Crippen LogP contribution in [0.3, 0.4) is 0 Å². The maximum atomic E-state index is 12.8. The summed E-state index contributed by atoms with van der Waals surface area (Å²) in [6.45, 7) is 4.28. The van der Waals surface area contributed by atoms with Gasteiger partial charge >= 0.3 is 0 Å². The van der Waals surface area contributed by atoms with Crippen molar-refractivity contribution >= 4 is 17.9 Å². The molecule has 1 saturated heterocycles. The summed E-state index contributed by atoms with van der Waals surface area (Å²) in [5.41, 5.74) is 2.70. The van der Waals surface area contributed by atoms with Crippen LogP contribution in [0.15, 0.2) is 103 Å². The van der Waals surface area contributed by atoms with Gasteiger partial charge in [0.2, 0.25) is 5.79 Å². The molecule has 8 heteroatoms. The SMILES string of the molecule is CCOc1ccc(Cc2cc([C@]3(OC)O[C@@](C=O)(CO)[C@@H](C)[C@H](OCc4ccccc4)[C@H]3OCc3ccccc3)ccc2Cl)cc1. The summed E-state index contributed by atoms with van der Waals surface area (Å²) in [5.74, 6) is -1.45. The highest BCUT2D eigenvalue weighted by Crippen LogP contribution is 2.48. The Morgan fingerprint density at radius 3 is 2.07 bits per heavy atom.